The number of benzene rings is 1. The number of hydrogen-bond acceptors (Lipinski definition) is 5. The normalized spacial score (nSPS) is 17.7. The molecule has 1 aliphatic carbocycles. The van der Waals surface area contributed by atoms with E-state index in [0.29, 0.717) is 18.3 Å². The van der Waals surface area contributed by atoms with Crippen LogP contribution in [-0.2, 0) is 11.2 Å². The van der Waals surface area contributed by atoms with Crippen LogP contribution in [0.4, 0.5) is 5.69 Å². The van der Waals surface area contributed by atoms with Crippen LogP contribution in [0.1, 0.15) is 84.9 Å². The molecular formula is C33H38N4O2S. The number of unbranched alkanes of at least 4 members (excludes halogenated alkanes) is 1. The zero-order valence-electron chi connectivity index (χ0n) is 23.5. The molecule has 3 aliphatic rings. The highest BCUT2D eigenvalue weighted by molar-refractivity contribution is 7.16. The summed E-state index contributed by atoms with van der Waals surface area (Å²) in [5, 5.41) is 3.76. The minimum atomic E-state index is -0.0511. The molecule has 4 heterocycles. The van der Waals surface area contributed by atoms with Gasteiger partial charge in [-0.15, -0.1) is 11.3 Å². The fourth-order valence-electron chi connectivity index (χ4n) is 5.83. The number of para-hydroxylation sites is 1. The summed E-state index contributed by atoms with van der Waals surface area (Å²) in [6, 6.07) is 17.1. The molecule has 6 rings (SSSR count). The molecule has 1 aromatic carbocycles. The van der Waals surface area contributed by atoms with Gasteiger partial charge in [-0.25, -0.2) is 4.98 Å². The van der Waals surface area contributed by atoms with Crippen molar-refractivity contribution in [3.8, 4) is 10.4 Å². The Morgan fingerprint density at radius 3 is 2.60 bits per heavy atom. The zero-order chi connectivity index (χ0) is 27.6. The molecule has 2 amide bonds. The maximum absolute atomic E-state index is 14.0. The van der Waals surface area contributed by atoms with Crippen LogP contribution in [0, 0.1) is 0 Å². The third kappa shape index (κ3) is 5.57. The number of nitrogens with zero attached hydrogens (tertiary/aromatic N) is 3. The van der Waals surface area contributed by atoms with Gasteiger partial charge in [-0.05, 0) is 68.4 Å². The molecule has 1 saturated heterocycles. The largest absolute Gasteiger partial charge is 0.381 e. The van der Waals surface area contributed by atoms with Crippen molar-refractivity contribution in [3.63, 3.8) is 0 Å². The van der Waals surface area contributed by atoms with Gasteiger partial charge in [-0.2, -0.15) is 0 Å². The van der Waals surface area contributed by atoms with Gasteiger partial charge in [0.15, 0.2) is 0 Å². The van der Waals surface area contributed by atoms with Crippen molar-refractivity contribution in [1.82, 2.24) is 15.2 Å². The van der Waals surface area contributed by atoms with Gasteiger partial charge in [0.05, 0.1) is 10.6 Å². The predicted octanol–water partition coefficient (Wildman–Crippen LogP) is 6.63. The first-order valence-corrected chi connectivity index (χ1v) is 15.6. The molecule has 40 heavy (non-hydrogen) atoms. The third-order valence-electron chi connectivity index (χ3n) is 8.29. The highest BCUT2D eigenvalue weighted by Crippen LogP contribution is 2.43. The summed E-state index contributed by atoms with van der Waals surface area (Å²) in [6.45, 7) is 5.96. The number of pyridine rings is 1. The molecule has 208 valence electrons. The summed E-state index contributed by atoms with van der Waals surface area (Å²) < 4.78 is 0. The maximum atomic E-state index is 14.0. The molecule has 7 heteroatoms. The Morgan fingerprint density at radius 1 is 1.05 bits per heavy atom. The summed E-state index contributed by atoms with van der Waals surface area (Å²) in [4.78, 5) is 37.0. The van der Waals surface area contributed by atoms with E-state index in [1.807, 2.05) is 45.4 Å². The summed E-state index contributed by atoms with van der Waals surface area (Å²) in [5.74, 6) is 0.345. The third-order valence-corrected chi connectivity index (χ3v) is 9.53. The summed E-state index contributed by atoms with van der Waals surface area (Å²) in [7, 11) is 0. The van der Waals surface area contributed by atoms with Gasteiger partial charge in [0.25, 0.3) is 5.91 Å². The van der Waals surface area contributed by atoms with Gasteiger partial charge in [0.2, 0.25) is 5.91 Å². The second kappa shape index (κ2) is 11.6. The van der Waals surface area contributed by atoms with Gasteiger partial charge in [0.1, 0.15) is 5.69 Å². The molecule has 2 fully saturated rings. The summed E-state index contributed by atoms with van der Waals surface area (Å²) in [5.41, 5.74) is 6.09. The smallest absolute Gasteiger partial charge is 0.276 e. The number of carbonyl (C=O) groups is 2. The quantitative estimate of drug-likeness (QED) is 0.356. The van der Waals surface area contributed by atoms with Gasteiger partial charge < -0.3 is 15.1 Å². The molecule has 0 unspecified atom stereocenters. The number of aromatic nitrogens is 1. The highest BCUT2D eigenvalue weighted by Gasteiger charge is 2.30. The molecule has 0 radical (unpaired) electrons. The van der Waals surface area contributed by atoms with Crippen LogP contribution in [0.15, 0.2) is 54.6 Å². The van der Waals surface area contributed by atoms with Crippen LogP contribution in [0.5, 0.6) is 0 Å². The van der Waals surface area contributed by atoms with E-state index in [9.17, 15) is 9.59 Å². The molecule has 0 atom stereocenters. The second-order valence-electron chi connectivity index (χ2n) is 11.2. The Morgan fingerprint density at radius 2 is 1.85 bits per heavy atom. The van der Waals surface area contributed by atoms with Gasteiger partial charge >= 0.3 is 0 Å². The number of nitrogens with one attached hydrogen (secondary N) is 1. The monoisotopic (exact) mass is 554 g/mol. The van der Waals surface area contributed by atoms with E-state index in [0.717, 1.165) is 62.1 Å². The van der Waals surface area contributed by atoms with Gasteiger partial charge in [0, 0.05) is 60.3 Å². The van der Waals surface area contributed by atoms with E-state index < -0.39 is 0 Å². The predicted molar refractivity (Wildman–Crippen MR) is 163 cm³/mol. The minimum Gasteiger partial charge on any atom is -0.381 e. The first-order chi connectivity index (χ1) is 19.5. The van der Waals surface area contributed by atoms with Crippen molar-refractivity contribution in [1.29, 1.82) is 0 Å². The van der Waals surface area contributed by atoms with Crippen molar-refractivity contribution < 1.29 is 9.59 Å². The number of hydrogen-bond donors (Lipinski definition) is 1. The SMILES string of the molecule is CCC/C=C(\NC1CC1)c1cc2c(s1)-c1ccccc1N(C(=O)c1cccc(C3CCN(C(C)=O)CC3)n1)CC2. The van der Waals surface area contributed by atoms with Crippen molar-refractivity contribution in [3.05, 3.63) is 76.4 Å². The molecule has 0 spiro atoms. The topological polar surface area (TPSA) is 65.5 Å². The van der Waals surface area contributed by atoms with E-state index in [4.69, 9.17) is 4.98 Å². The van der Waals surface area contributed by atoms with Crippen molar-refractivity contribution in [2.75, 3.05) is 24.5 Å². The lowest BCUT2D eigenvalue weighted by molar-refractivity contribution is -0.129. The number of piperidine rings is 1. The van der Waals surface area contributed by atoms with Crippen molar-refractivity contribution >= 4 is 34.5 Å². The van der Waals surface area contributed by atoms with Crippen LogP contribution in [0.2, 0.25) is 0 Å². The number of fused-ring (bicyclic) bond motifs is 3. The summed E-state index contributed by atoms with van der Waals surface area (Å²) >= 11 is 1.84. The van der Waals surface area contributed by atoms with Crippen LogP contribution >= 0.6 is 11.3 Å². The van der Waals surface area contributed by atoms with Crippen molar-refractivity contribution in [2.45, 2.75) is 70.8 Å². The average Bonchev–Trinajstić information content (AvgIpc) is 3.74. The average molecular weight is 555 g/mol. The number of allylic oxidation sites excluding steroid dienone is 1. The number of thiophene rings is 1. The Labute approximate surface area is 241 Å². The maximum Gasteiger partial charge on any atom is 0.276 e. The fourth-order valence-corrected chi connectivity index (χ4v) is 7.08. The van der Waals surface area contributed by atoms with E-state index in [1.165, 1.54) is 33.9 Å². The van der Waals surface area contributed by atoms with Crippen LogP contribution in [0.25, 0.3) is 16.1 Å². The van der Waals surface area contributed by atoms with E-state index in [2.05, 4.69) is 42.6 Å². The first kappa shape index (κ1) is 26.8. The number of amides is 2. The number of rotatable bonds is 7. The lowest BCUT2D eigenvalue weighted by Crippen LogP contribution is -2.36. The molecule has 6 nitrogen and oxygen atoms in total. The fraction of sp³-hybridized carbons (Fsp3) is 0.424. The van der Waals surface area contributed by atoms with Gasteiger partial charge in [-0.3, -0.25) is 9.59 Å². The molecule has 1 N–H and O–H groups in total. The van der Waals surface area contributed by atoms with E-state index in [1.54, 1.807) is 6.92 Å². The number of anilines is 1. The Kier molecular flexibility index (Phi) is 7.74. The second-order valence-corrected chi connectivity index (χ2v) is 12.3. The molecule has 2 aromatic heterocycles. The molecule has 3 aromatic rings. The zero-order valence-corrected chi connectivity index (χ0v) is 24.3. The summed E-state index contributed by atoms with van der Waals surface area (Å²) in [6.07, 6.45) is 9.62. The highest BCUT2D eigenvalue weighted by atomic mass is 32.1. The van der Waals surface area contributed by atoms with Crippen molar-refractivity contribution in [2.24, 2.45) is 0 Å². The molecule has 1 saturated carbocycles. The van der Waals surface area contributed by atoms with E-state index >= 15 is 0 Å². The Balaban J connectivity index is 1.27. The Hall–Kier alpha value is -3.45. The van der Waals surface area contributed by atoms with Crippen LogP contribution in [0.3, 0.4) is 0 Å². The van der Waals surface area contributed by atoms with Crippen LogP contribution < -0.4 is 10.2 Å². The lowest BCUT2D eigenvalue weighted by atomic mass is 9.93. The first-order valence-electron chi connectivity index (χ1n) is 14.7. The molecule has 0 bridgehead atoms. The van der Waals surface area contributed by atoms with Gasteiger partial charge in [-0.1, -0.05) is 43.7 Å². The lowest BCUT2D eigenvalue weighted by Gasteiger charge is -2.31. The number of carbonyl (C=O) groups excluding carboxylic acids is 2. The standard InChI is InChI=1S/C33H38N4O2S/c1-3-4-9-28(34-25-13-14-25)31-21-24-17-20-37(30-12-6-5-8-26(30)32(24)40-31)33(39)29-11-7-10-27(35-29)23-15-18-36(19-16-23)22(2)38/h5-12,21,23,25,34H,3-4,13-20H2,1-2H3/b28-9-. The van der Waals surface area contributed by atoms with E-state index in [-0.39, 0.29) is 17.7 Å². The van der Waals surface area contributed by atoms with Crippen LogP contribution in [-0.4, -0.2) is 47.4 Å². The number of likely N-dealkylation sites (tertiary alicyclic amines) is 1. The minimum absolute atomic E-state index is 0.0511. The molecule has 2 aliphatic heterocycles. The molecular weight excluding hydrogens is 516 g/mol. The Bertz CT molecular complexity index is 1430.